The Bertz CT molecular complexity index is 737. The van der Waals surface area contributed by atoms with E-state index in [9.17, 15) is 9.59 Å². The number of nitrogens with one attached hydrogen (secondary N) is 1. The average molecular weight is 399 g/mol. The average Bonchev–Trinajstić information content (AvgIpc) is 2.72. The van der Waals surface area contributed by atoms with Gasteiger partial charge in [-0.2, -0.15) is 0 Å². The van der Waals surface area contributed by atoms with Crippen LogP contribution in [0.4, 0.5) is 0 Å². The van der Waals surface area contributed by atoms with Gasteiger partial charge in [0, 0.05) is 18.3 Å². The monoisotopic (exact) mass is 398 g/mol. The van der Waals surface area contributed by atoms with Gasteiger partial charge >= 0.3 is 0 Å². The van der Waals surface area contributed by atoms with Crippen molar-refractivity contribution in [3.63, 3.8) is 0 Å². The molecule has 0 saturated carbocycles. The summed E-state index contributed by atoms with van der Waals surface area (Å²) in [6, 6.07) is 19.5. The van der Waals surface area contributed by atoms with E-state index in [-0.39, 0.29) is 17.9 Å². The minimum absolute atomic E-state index is 0.0171. The summed E-state index contributed by atoms with van der Waals surface area (Å²) >= 11 is 1.58. The minimum Gasteiger partial charge on any atom is -0.352 e. The van der Waals surface area contributed by atoms with Crippen molar-refractivity contribution in [3.8, 4) is 0 Å². The molecule has 28 heavy (non-hydrogen) atoms. The molecule has 0 aromatic heterocycles. The Morgan fingerprint density at radius 3 is 2.11 bits per heavy atom. The predicted molar refractivity (Wildman–Crippen MR) is 117 cm³/mol. The number of hydrogen-bond acceptors (Lipinski definition) is 3. The molecule has 1 N–H and O–H groups in total. The van der Waals surface area contributed by atoms with Crippen LogP contribution in [0.5, 0.6) is 0 Å². The minimum atomic E-state index is -0.515. The van der Waals surface area contributed by atoms with E-state index >= 15 is 0 Å². The molecule has 0 aliphatic rings. The number of carbonyl (C=O) groups is 2. The summed E-state index contributed by atoms with van der Waals surface area (Å²) < 4.78 is 0. The van der Waals surface area contributed by atoms with E-state index in [1.807, 2.05) is 62.4 Å². The van der Waals surface area contributed by atoms with E-state index in [4.69, 9.17) is 0 Å². The van der Waals surface area contributed by atoms with Gasteiger partial charge in [-0.15, -0.1) is 11.8 Å². The molecule has 2 aromatic rings. The van der Waals surface area contributed by atoms with Crippen LogP contribution in [-0.2, 0) is 21.9 Å². The molecular formula is C23H30N2O2S. The standard InChI is InChI=1S/C23H30N2O2S/c1-4-18(2)24-23(27)19(3)25(15-20-11-7-5-8-12-20)22(26)17-28-16-21-13-9-6-10-14-21/h5-14,18-19H,4,15-17H2,1-3H3,(H,24,27)/t18-,19-/m1/s1. The third kappa shape index (κ3) is 7.04. The molecule has 0 bridgehead atoms. The molecule has 0 radical (unpaired) electrons. The maximum absolute atomic E-state index is 13.0. The van der Waals surface area contributed by atoms with Crippen molar-refractivity contribution in [1.82, 2.24) is 10.2 Å². The molecule has 0 unspecified atom stereocenters. The Labute approximate surface area is 172 Å². The first-order valence-corrected chi connectivity index (χ1v) is 10.9. The Kier molecular flexibility index (Phi) is 9.08. The maximum atomic E-state index is 13.0. The van der Waals surface area contributed by atoms with Crippen LogP contribution in [0.1, 0.15) is 38.3 Å². The Hall–Kier alpha value is -2.27. The second-order valence-electron chi connectivity index (χ2n) is 6.98. The topological polar surface area (TPSA) is 49.4 Å². The summed E-state index contributed by atoms with van der Waals surface area (Å²) in [6.45, 7) is 6.24. The van der Waals surface area contributed by atoms with Gasteiger partial charge < -0.3 is 10.2 Å². The van der Waals surface area contributed by atoms with Crippen molar-refractivity contribution >= 4 is 23.6 Å². The molecule has 5 heteroatoms. The number of rotatable bonds is 10. The normalized spacial score (nSPS) is 12.8. The highest BCUT2D eigenvalue weighted by atomic mass is 32.2. The lowest BCUT2D eigenvalue weighted by atomic mass is 10.1. The Morgan fingerprint density at radius 1 is 0.964 bits per heavy atom. The van der Waals surface area contributed by atoms with Gasteiger partial charge in [-0.05, 0) is 31.4 Å². The highest BCUT2D eigenvalue weighted by Crippen LogP contribution is 2.16. The molecule has 2 amide bonds. The quantitative estimate of drug-likeness (QED) is 0.651. The molecule has 0 heterocycles. The molecule has 0 fully saturated rings. The van der Waals surface area contributed by atoms with Crippen molar-refractivity contribution in [1.29, 1.82) is 0 Å². The first kappa shape index (κ1) is 22.0. The van der Waals surface area contributed by atoms with Gasteiger partial charge in [-0.1, -0.05) is 67.6 Å². The molecule has 0 saturated heterocycles. The van der Waals surface area contributed by atoms with Gasteiger partial charge in [0.25, 0.3) is 0 Å². The summed E-state index contributed by atoms with van der Waals surface area (Å²) in [4.78, 5) is 27.3. The summed E-state index contributed by atoms with van der Waals surface area (Å²) in [5.74, 6) is 1.00. The summed E-state index contributed by atoms with van der Waals surface area (Å²) in [7, 11) is 0. The zero-order chi connectivity index (χ0) is 20.4. The summed E-state index contributed by atoms with van der Waals surface area (Å²) in [6.07, 6.45) is 0.859. The first-order chi connectivity index (χ1) is 13.5. The van der Waals surface area contributed by atoms with E-state index in [2.05, 4.69) is 17.4 Å². The van der Waals surface area contributed by atoms with Crippen LogP contribution in [0, 0.1) is 0 Å². The van der Waals surface area contributed by atoms with E-state index in [0.717, 1.165) is 17.7 Å². The lowest BCUT2D eigenvalue weighted by Crippen LogP contribution is -2.50. The van der Waals surface area contributed by atoms with Crippen LogP contribution < -0.4 is 5.32 Å². The van der Waals surface area contributed by atoms with Crippen molar-refractivity contribution in [3.05, 3.63) is 71.8 Å². The fourth-order valence-electron chi connectivity index (χ4n) is 2.74. The molecule has 0 aliphatic carbocycles. The highest BCUT2D eigenvalue weighted by molar-refractivity contribution is 7.99. The second kappa shape index (κ2) is 11.5. The second-order valence-corrected chi connectivity index (χ2v) is 7.97. The number of benzene rings is 2. The van der Waals surface area contributed by atoms with Gasteiger partial charge in [0.05, 0.1) is 5.75 Å². The van der Waals surface area contributed by atoms with Crippen molar-refractivity contribution < 1.29 is 9.59 Å². The summed E-state index contributed by atoms with van der Waals surface area (Å²) in [5.41, 5.74) is 2.21. The largest absolute Gasteiger partial charge is 0.352 e. The molecule has 150 valence electrons. The van der Waals surface area contributed by atoms with Crippen LogP contribution in [0.3, 0.4) is 0 Å². The molecular weight excluding hydrogens is 368 g/mol. The Morgan fingerprint density at radius 2 is 1.54 bits per heavy atom. The smallest absolute Gasteiger partial charge is 0.242 e. The van der Waals surface area contributed by atoms with Gasteiger partial charge in [0.1, 0.15) is 6.04 Å². The molecule has 0 aliphatic heterocycles. The lowest BCUT2D eigenvalue weighted by molar-refractivity contribution is -0.138. The zero-order valence-corrected chi connectivity index (χ0v) is 17.7. The molecule has 0 spiro atoms. The maximum Gasteiger partial charge on any atom is 0.242 e. The highest BCUT2D eigenvalue weighted by Gasteiger charge is 2.26. The number of carbonyl (C=O) groups excluding carboxylic acids is 2. The van der Waals surface area contributed by atoms with Crippen molar-refractivity contribution in [2.75, 3.05) is 5.75 Å². The van der Waals surface area contributed by atoms with E-state index in [1.54, 1.807) is 23.6 Å². The zero-order valence-electron chi connectivity index (χ0n) is 16.9. The van der Waals surface area contributed by atoms with E-state index in [1.165, 1.54) is 5.56 Å². The van der Waals surface area contributed by atoms with Gasteiger partial charge in [-0.3, -0.25) is 9.59 Å². The van der Waals surface area contributed by atoms with Crippen molar-refractivity contribution in [2.45, 2.75) is 51.6 Å². The number of hydrogen-bond donors (Lipinski definition) is 1. The van der Waals surface area contributed by atoms with Crippen LogP contribution >= 0.6 is 11.8 Å². The van der Waals surface area contributed by atoms with Gasteiger partial charge in [0.15, 0.2) is 0 Å². The third-order valence-electron chi connectivity index (χ3n) is 4.70. The van der Waals surface area contributed by atoms with E-state index < -0.39 is 6.04 Å². The number of nitrogens with zero attached hydrogens (tertiary/aromatic N) is 1. The third-order valence-corrected chi connectivity index (χ3v) is 5.69. The number of thioether (sulfide) groups is 1. The first-order valence-electron chi connectivity index (χ1n) is 9.76. The van der Waals surface area contributed by atoms with Crippen LogP contribution in [-0.4, -0.2) is 34.6 Å². The van der Waals surface area contributed by atoms with Crippen LogP contribution in [0.2, 0.25) is 0 Å². The summed E-state index contributed by atoms with van der Waals surface area (Å²) in [5, 5.41) is 2.99. The van der Waals surface area contributed by atoms with E-state index in [0.29, 0.717) is 12.3 Å². The van der Waals surface area contributed by atoms with Crippen molar-refractivity contribution in [2.24, 2.45) is 0 Å². The number of amides is 2. The molecule has 4 nitrogen and oxygen atoms in total. The SMILES string of the molecule is CC[C@@H](C)NC(=O)[C@@H](C)N(Cc1ccccc1)C(=O)CSCc1ccccc1. The fraction of sp³-hybridized carbons (Fsp3) is 0.391. The lowest BCUT2D eigenvalue weighted by Gasteiger charge is -2.29. The molecule has 2 atom stereocenters. The van der Waals surface area contributed by atoms with Crippen LogP contribution in [0.15, 0.2) is 60.7 Å². The molecule has 2 aromatic carbocycles. The van der Waals surface area contributed by atoms with Gasteiger partial charge in [-0.25, -0.2) is 0 Å². The van der Waals surface area contributed by atoms with Gasteiger partial charge in [0.2, 0.25) is 11.8 Å². The predicted octanol–water partition coefficient (Wildman–Crippen LogP) is 4.25. The molecule has 2 rings (SSSR count). The van der Waals surface area contributed by atoms with Crippen LogP contribution in [0.25, 0.3) is 0 Å². The Balaban J connectivity index is 2.03. The fourth-order valence-corrected chi connectivity index (χ4v) is 3.61.